The molecule has 0 heterocycles. The Kier molecular flexibility index (Phi) is 4.37. The Morgan fingerprint density at radius 1 is 0.762 bits per heavy atom. The van der Waals surface area contributed by atoms with Crippen LogP contribution < -0.4 is 10.5 Å². The lowest BCUT2D eigenvalue weighted by Gasteiger charge is -2.13. The molecule has 108 valence electrons. The third-order valence-corrected chi connectivity index (χ3v) is 3.82. The van der Waals surface area contributed by atoms with E-state index in [2.05, 4.69) is 54.6 Å². The molecule has 0 spiro atoms. The maximum absolute atomic E-state index is 6.14. The van der Waals surface area contributed by atoms with Gasteiger partial charge in [-0.05, 0) is 42.6 Å². The fourth-order valence-electron chi connectivity index (χ4n) is 2.72. The van der Waals surface area contributed by atoms with E-state index in [0.29, 0.717) is 0 Å². The van der Waals surface area contributed by atoms with Crippen LogP contribution in [0.25, 0.3) is 21.5 Å². The summed E-state index contributed by atoms with van der Waals surface area (Å²) in [6.07, 6.45) is 3.24. The van der Waals surface area contributed by atoms with Crippen LogP contribution >= 0.6 is 0 Å². The standard InChI is InChI=1S/C19H21NO/c20-12-6-1-7-13-21-19-17-10-4-2-8-15(17)14-16-9-3-5-11-18(16)19/h2-5,8-11,14H,1,6-7,12-13,20H2. The van der Waals surface area contributed by atoms with Crippen LogP contribution in [0.4, 0.5) is 0 Å². The highest BCUT2D eigenvalue weighted by Crippen LogP contribution is 2.34. The molecule has 0 atom stereocenters. The molecule has 0 unspecified atom stereocenters. The van der Waals surface area contributed by atoms with Gasteiger partial charge in [0, 0.05) is 10.8 Å². The van der Waals surface area contributed by atoms with Crippen LogP contribution in [0.2, 0.25) is 0 Å². The zero-order chi connectivity index (χ0) is 14.5. The monoisotopic (exact) mass is 279 g/mol. The lowest BCUT2D eigenvalue weighted by molar-refractivity contribution is 0.312. The predicted molar refractivity (Wildman–Crippen MR) is 89.9 cm³/mol. The molecule has 21 heavy (non-hydrogen) atoms. The van der Waals surface area contributed by atoms with Gasteiger partial charge in [-0.2, -0.15) is 0 Å². The van der Waals surface area contributed by atoms with Gasteiger partial charge in [0.25, 0.3) is 0 Å². The van der Waals surface area contributed by atoms with Crippen LogP contribution in [-0.2, 0) is 0 Å². The second-order valence-electron chi connectivity index (χ2n) is 5.35. The molecule has 2 N–H and O–H groups in total. The third-order valence-electron chi connectivity index (χ3n) is 3.82. The van der Waals surface area contributed by atoms with Crippen LogP contribution in [0.1, 0.15) is 19.3 Å². The summed E-state index contributed by atoms with van der Waals surface area (Å²) in [6.45, 7) is 1.51. The van der Waals surface area contributed by atoms with Crippen molar-refractivity contribution in [3.8, 4) is 5.75 Å². The Morgan fingerprint density at radius 2 is 1.38 bits per heavy atom. The van der Waals surface area contributed by atoms with E-state index >= 15 is 0 Å². The van der Waals surface area contributed by atoms with E-state index < -0.39 is 0 Å². The molecule has 0 radical (unpaired) electrons. The highest BCUT2D eigenvalue weighted by Gasteiger charge is 2.08. The van der Waals surface area contributed by atoms with E-state index in [-0.39, 0.29) is 0 Å². The molecule has 0 aromatic heterocycles. The number of benzene rings is 3. The van der Waals surface area contributed by atoms with Crippen molar-refractivity contribution < 1.29 is 4.74 Å². The number of unbranched alkanes of at least 4 members (excludes halogenated alkanes) is 2. The average molecular weight is 279 g/mol. The van der Waals surface area contributed by atoms with Gasteiger partial charge in [0.05, 0.1) is 6.61 Å². The van der Waals surface area contributed by atoms with Crippen LogP contribution in [-0.4, -0.2) is 13.2 Å². The summed E-state index contributed by atoms with van der Waals surface area (Å²) in [6, 6.07) is 19.1. The van der Waals surface area contributed by atoms with Gasteiger partial charge in [-0.1, -0.05) is 48.5 Å². The SMILES string of the molecule is NCCCCCOc1c2ccccc2cc2ccccc12. The smallest absolute Gasteiger partial charge is 0.134 e. The molecule has 3 aromatic carbocycles. The zero-order valence-corrected chi connectivity index (χ0v) is 12.2. The van der Waals surface area contributed by atoms with E-state index in [1.807, 2.05) is 0 Å². The van der Waals surface area contributed by atoms with Crippen molar-refractivity contribution in [1.82, 2.24) is 0 Å². The summed E-state index contributed by atoms with van der Waals surface area (Å²) in [5, 5.41) is 4.84. The third kappa shape index (κ3) is 3.01. The highest BCUT2D eigenvalue weighted by atomic mass is 16.5. The molecule has 0 aliphatic carbocycles. The first kappa shape index (κ1) is 13.9. The maximum atomic E-state index is 6.14. The van der Waals surface area contributed by atoms with Crippen molar-refractivity contribution in [3.63, 3.8) is 0 Å². The number of ether oxygens (including phenoxy) is 1. The lowest BCUT2D eigenvalue weighted by Crippen LogP contribution is -2.02. The normalized spacial score (nSPS) is 11.1. The minimum absolute atomic E-state index is 0.748. The largest absolute Gasteiger partial charge is 0.492 e. The lowest BCUT2D eigenvalue weighted by atomic mass is 10.0. The fraction of sp³-hybridized carbons (Fsp3) is 0.263. The quantitative estimate of drug-likeness (QED) is 0.532. The van der Waals surface area contributed by atoms with Gasteiger partial charge in [0.15, 0.2) is 0 Å². The first-order valence-electron chi connectivity index (χ1n) is 7.63. The second-order valence-corrected chi connectivity index (χ2v) is 5.35. The minimum Gasteiger partial charge on any atom is -0.492 e. The van der Waals surface area contributed by atoms with Crippen LogP contribution in [0.5, 0.6) is 5.75 Å². The maximum Gasteiger partial charge on any atom is 0.134 e. The Hall–Kier alpha value is -2.06. The molecule has 2 nitrogen and oxygen atoms in total. The van der Waals surface area contributed by atoms with Crippen molar-refractivity contribution >= 4 is 21.5 Å². The fourth-order valence-corrected chi connectivity index (χ4v) is 2.72. The van der Waals surface area contributed by atoms with Gasteiger partial charge < -0.3 is 10.5 Å². The van der Waals surface area contributed by atoms with Crippen LogP contribution in [0, 0.1) is 0 Å². The molecule has 3 aromatic rings. The van der Waals surface area contributed by atoms with Crippen LogP contribution in [0.3, 0.4) is 0 Å². The van der Waals surface area contributed by atoms with Gasteiger partial charge in [0.1, 0.15) is 5.75 Å². The van der Waals surface area contributed by atoms with E-state index in [4.69, 9.17) is 10.5 Å². The molecule has 2 heteroatoms. The van der Waals surface area contributed by atoms with E-state index in [1.54, 1.807) is 0 Å². The minimum atomic E-state index is 0.748. The van der Waals surface area contributed by atoms with Crippen molar-refractivity contribution in [2.45, 2.75) is 19.3 Å². The molecule has 0 bridgehead atoms. The van der Waals surface area contributed by atoms with Gasteiger partial charge in [-0.15, -0.1) is 0 Å². The molecular formula is C19H21NO. The Bertz CT molecular complexity index is 682. The molecule has 0 amide bonds. The summed E-state index contributed by atoms with van der Waals surface area (Å²) >= 11 is 0. The molecule has 0 aliphatic heterocycles. The van der Waals surface area contributed by atoms with Gasteiger partial charge in [0.2, 0.25) is 0 Å². The summed E-state index contributed by atoms with van der Waals surface area (Å²) in [7, 11) is 0. The number of nitrogens with two attached hydrogens (primary N) is 1. The van der Waals surface area contributed by atoms with Crippen molar-refractivity contribution in [3.05, 3.63) is 54.6 Å². The number of hydrogen-bond acceptors (Lipinski definition) is 2. The summed E-state index contributed by atoms with van der Waals surface area (Å²) in [5.74, 6) is 1.01. The highest BCUT2D eigenvalue weighted by molar-refractivity contribution is 6.05. The first-order valence-corrected chi connectivity index (χ1v) is 7.63. The molecule has 0 aliphatic rings. The summed E-state index contributed by atoms with van der Waals surface area (Å²) in [4.78, 5) is 0. The Morgan fingerprint density at radius 3 is 2.00 bits per heavy atom. The van der Waals surface area contributed by atoms with E-state index in [0.717, 1.165) is 38.2 Å². The zero-order valence-electron chi connectivity index (χ0n) is 12.2. The van der Waals surface area contributed by atoms with Gasteiger partial charge >= 0.3 is 0 Å². The number of rotatable bonds is 6. The first-order chi connectivity index (χ1) is 10.4. The summed E-state index contributed by atoms with van der Waals surface area (Å²) in [5.41, 5.74) is 5.53. The molecular weight excluding hydrogens is 258 g/mol. The van der Waals surface area contributed by atoms with Crippen molar-refractivity contribution in [2.75, 3.05) is 13.2 Å². The van der Waals surface area contributed by atoms with Gasteiger partial charge in [-0.3, -0.25) is 0 Å². The average Bonchev–Trinajstić information content (AvgIpc) is 2.53. The Balaban J connectivity index is 1.96. The van der Waals surface area contributed by atoms with Gasteiger partial charge in [-0.25, -0.2) is 0 Å². The number of hydrogen-bond donors (Lipinski definition) is 1. The predicted octanol–water partition coefficient (Wildman–Crippen LogP) is 4.50. The second kappa shape index (κ2) is 6.59. The number of fused-ring (bicyclic) bond motifs is 2. The molecule has 0 saturated carbocycles. The van der Waals surface area contributed by atoms with E-state index in [1.165, 1.54) is 21.5 Å². The van der Waals surface area contributed by atoms with E-state index in [9.17, 15) is 0 Å². The van der Waals surface area contributed by atoms with Crippen molar-refractivity contribution in [2.24, 2.45) is 5.73 Å². The topological polar surface area (TPSA) is 35.2 Å². The summed E-state index contributed by atoms with van der Waals surface area (Å²) < 4.78 is 6.14. The van der Waals surface area contributed by atoms with Crippen LogP contribution in [0.15, 0.2) is 54.6 Å². The molecule has 3 rings (SSSR count). The molecule has 0 saturated heterocycles. The van der Waals surface area contributed by atoms with Crippen molar-refractivity contribution in [1.29, 1.82) is 0 Å². The molecule has 0 fully saturated rings. The Labute approximate surface area is 125 Å².